The SMILES string of the molecule is Cc1ccc(C)c(OC2CCN(C(=O)[C@H]3C[C@H](F)CN3)CC2)c1.Cl. The van der Waals surface area contributed by atoms with Crippen molar-refractivity contribution in [1.82, 2.24) is 10.2 Å². The molecule has 2 heterocycles. The second kappa shape index (κ2) is 8.17. The van der Waals surface area contributed by atoms with Crippen LogP contribution in [0.3, 0.4) is 0 Å². The Morgan fingerprint density at radius 2 is 2.00 bits per heavy atom. The Balaban J connectivity index is 0.00000208. The van der Waals surface area contributed by atoms with Crippen LogP contribution in [0.4, 0.5) is 4.39 Å². The molecule has 0 saturated carbocycles. The van der Waals surface area contributed by atoms with Gasteiger partial charge in [0.2, 0.25) is 5.91 Å². The zero-order valence-corrected chi connectivity index (χ0v) is 15.1. The van der Waals surface area contributed by atoms with Crippen molar-refractivity contribution in [2.75, 3.05) is 19.6 Å². The van der Waals surface area contributed by atoms with Gasteiger partial charge in [-0.3, -0.25) is 4.79 Å². The minimum atomic E-state index is -0.894. The predicted octanol–water partition coefficient (Wildman–Crippen LogP) is 2.80. The Morgan fingerprint density at radius 1 is 1.29 bits per heavy atom. The van der Waals surface area contributed by atoms with E-state index >= 15 is 0 Å². The summed E-state index contributed by atoms with van der Waals surface area (Å²) in [6, 6.07) is 5.87. The number of benzene rings is 1. The van der Waals surface area contributed by atoms with Crippen LogP contribution in [0, 0.1) is 13.8 Å². The van der Waals surface area contributed by atoms with E-state index in [0.29, 0.717) is 26.1 Å². The zero-order valence-electron chi connectivity index (χ0n) is 14.3. The lowest BCUT2D eigenvalue weighted by Gasteiger charge is -2.34. The Hall–Kier alpha value is -1.33. The van der Waals surface area contributed by atoms with Gasteiger partial charge in [-0.15, -0.1) is 12.4 Å². The molecular formula is C18H26ClFN2O2. The fourth-order valence-electron chi connectivity index (χ4n) is 3.31. The third-order valence-corrected chi connectivity index (χ3v) is 4.77. The van der Waals surface area contributed by atoms with E-state index in [4.69, 9.17) is 4.74 Å². The van der Waals surface area contributed by atoms with Gasteiger partial charge in [-0.2, -0.15) is 0 Å². The molecule has 24 heavy (non-hydrogen) atoms. The number of halogens is 2. The molecule has 0 aromatic heterocycles. The van der Waals surface area contributed by atoms with Crippen LogP contribution in [-0.2, 0) is 4.79 Å². The van der Waals surface area contributed by atoms with E-state index in [9.17, 15) is 9.18 Å². The summed E-state index contributed by atoms with van der Waals surface area (Å²) in [7, 11) is 0. The summed E-state index contributed by atoms with van der Waals surface area (Å²) in [6.07, 6.45) is 1.20. The number of likely N-dealkylation sites (tertiary alicyclic amines) is 1. The first kappa shape index (κ1) is 19.0. The minimum absolute atomic E-state index is 0. The molecule has 2 aliphatic heterocycles. The molecule has 0 radical (unpaired) electrons. The lowest BCUT2D eigenvalue weighted by molar-refractivity contribution is -0.135. The van der Waals surface area contributed by atoms with Crippen LogP contribution in [0.2, 0.25) is 0 Å². The van der Waals surface area contributed by atoms with Gasteiger partial charge in [0, 0.05) is 38.9 Å². The highest BCUT2D eigenvalue weighted by molar-refractivity contribution is 5.85. The number of nitrogens with one attached hydrogen (secondary N) is 1. The molecule has 1 amide bonds. The summed E-state index contributed by atoms with van der Waals surface area (Å²) in [5.74, 6) is 0.975. The van der Waals surface area contributed by atoms with Gasteiger partial charge >= 0.3 is 0 Å². The number of hydrogen-bond donors (Lipinski definition) is 1. The van der Waals surface area contributed by atoms with Crippen molar-refractivity contribution < 1.29 is 13.9 Å². The van der Waals surface area contributed by atoms with Gasteiger partial charge in [0.1, 0.15) is 18.0 Å². The van der Waals surface area contributed by atoms with Gasteiger partial charge in [-0.25, -0.2) is 4.39 Å². The van der Waals surface area contributed by atoms with Gasteiger partial charge < -0.3 is 15.0 Å². The maximum atomic E-state index is 13.2. The highest BCUT2D eigenvalue weighted by Crippen LogP contribution is 2.24. The molecule has 2 aliphatic rings. The molecule has 2 atom stereocenters. The maximum Gasteiger partial charge on any atom is 0.239 e. The molecule has 2 fully saturated rings. The minimum Gasteiger partial charge on any atom is -0.490 e. The molecule has 2 saturated heterocycles. The molecule has 134 valence electrons. The molecule has 1 N–H and O–H groups in total. The van der Waals surface area contributed by atoms with Crippen molar-refractivity contribution in [3.8, 4) is 5.75 Å². The molecule has 6 heteroatoms. The summed E-state index contributed by atoms with van der Waals surface area (Å²) in [4.78, 5) is 14.2. The number of alkyl halides is 1. The van der Waals surface area contributed by atoms with Crippen LogP contribution in [-0.4, -0.2) is 48.8 Å². The third kappa shape index (κ3) is 4.39. The number of carbonyl (C=O) groups excluding carboxylic acids is 1. The van der Waals surface area contributed by atoms with Gasteiger partial charge in [0.15, 0.2) is 0 Å². The van der Waals surface area contributed by atoms with Gasteiger partial charge in [-0.1, -0.05) is 12.1 Å². The number of ether oxygens (including phenoxy) is 1. The summed E-state index contributed by atoms with van der Waals surface area (Å²) in [5.41, 5.74) is 2.32. The Kier molecular flexibility index (Phi) is 6.47. The van der Waals surface area contributed by atoms with Gasteiger partial charge in [0.05, 0.1) is 6.04 Å². The number of carbonyl (C=O) groups is 1. The number of nitrogens with zero attached hydrogens (tertiary/aromatic N) is 1. The van der Waals surface area contributed by atoms with Gasteiger partial charge in [-0.05, 0) is 31.0 Å². The Morgan fingerprint density at radius 3 is 2.62 bits per heavy atom. The first-order valence-electron chi connectivity index (χ1n) is 8.43. The second-order valence-corrected chi connectivity index (χ2v) is 6.71. The van der Waals surface area contributed by atoms with Crippen LogP contribution in [0.25, 0.3) is 0 Å². The summed E-state index contributed by atoms with van der Waals surface area (Å²) in [5, 5.41) is 2.97. The first-order chi connectivity index (χ1) is 11.0. The fraction of sp³-hybridized carbons (Fsp3) is 0.611. The van der Waals surface area contributed by atoms with E-state index in [1.54, 1.807) is 0 Å². The smallest absolute Gasteiger partial charge is 0.239 e. The average molecular weight is 357 g/mol. The number of aryl methyl sites for hydroxylation is 2. The highest BCUT2D eigenvalue weighted by Gasteiger charge is 2.34. The molecule has 0 aliphatic carbocycles. The molecule has 0 unspecified atom stereocenters. The normalized spacial score (nSPS) is 24.5. The zero-order chi connectivity index (χ0) is 16.4. The van der Waals surface area contributed by atoms with Crippen LogP contribution in [0.1, 0.15) is 30.4 Å². The fourth-order valence-corrected chi connectivity index (χ4v) is 3.31. The van der Waals surface area contributed by atoms with Crippen molar-refractivity contribution >= 4 is 18.3 Å². The van der Waals surface area contributed by atoms with E-state index in [0.717, 1.165) is 24.2 Å². The van der Waals surface area contributed by atoms with Crippen LogP contribution in [0.5, 0.6) is 5.75 Å². The number of amides is 1. The van der Waals surface area contributed by atoms with Crippen molar-refractivity contribution in [1.29, 1.82) is 0 Å². The van der Waals surface area contributed by atoms with E-state index < -0.39 is 6.17 Å². The Labute approximate surface area is 149 Å². The molecule has 4 nitrogen and oxygen atoms in total. The molecule has 0 bridgehead atoms. The van der Waals surface area contributed by atoms with Crippen molar-refractivity contribution in [3.63, 3.8) is 0 Å². The summed E-state index contributed by atoms with van der Waals surface area (Å²) < 4.78 is 19.3. The topological polar surface area (TPSA) is 41.6 Å². The molecule has 1 aromatic carbocycles. The quantitative estimate of drug-likeness (QED) is 0.905. The number of piperidine rings is 1. The second-order valence-electron chi connectivity index (χ2n) is 6.71. The van der Waals surface area contributed by atoms with E-state index in [1.807, 2.05) is 11.8 Å². The predicted molar refractivity (Wildman–Crippen MR) is 94.7 cm³/mol. The van der Waals surface area contributed by atoms with Crippen molar-refractivity contribution in [2.45, 2.75) is 51.4 Å². The first-order valence-corrected chi connectivity index (χ1v) is 8.43. The average Bonchev–Trinajstić information content (AvgIpc) is 2.97. The van der Waals surface area contributed by atoms with E-state index in [1.165, 1.54) is 5.56 Å². The van der Waals surface area contributed by atoms with Crippen LogP contribution in [0.15, 0.2) is 18.2 Å². The molecule has 1 aromatic rings. The third-order valence-electron chi connectivity index (χ3n) is 4.77. The summed E-state index contributed by atoms with van der Waals surface area (Å²) >= 11 is 0. The lowest BCUT2D eigenvalue weighted by Crippen LogP contribution is -2.48. The van der Waals surface area contributed by atoms with Crippen molar-refractivity contribution in [3.05, 3.63) is 29.3 Å². The van der Waals surface area contributed by atoms with Crippen LogP contribution < -0.4 is 10.1 Å². The monoisotopic (exact) mass is 356 g/mol. The number of hydrogen-bond acceptors (Lipinski definition) is 3. The number of rotatable bonds is 3. The lowest BCUT2D eigenvalue weighted by atomic mass is 10.1. The standard InChI is InChI=1S/C18H25FN2O2.ClH/c1-12-3-4-13(2)17(9-12)23-15-5-7-21(8-6-15)18(22)16-10-14(19)11-20-16;/h3-4,9,14-16,20H,5-8,10-11H2,1-2H3;1H/t14-,16+;/m0./s1. The molecular weight excluding hydrogens is 331 g/mol. The molecule has 0 spiro atoms. The van der Waals surface area contributed by atoms with Crippen LogP contribution >= 0.6 is 12.4 Å². The summed E-state index contributed by atoms with van der Waals surface area (Å²) in [6.45, 7) is 5.77. The van der Waals surface area contributed by atoms with E-state index in [-0.39, 0.29) is 30.5 Å². The molecule has 3 rings (SSSR count). The Bertz CT molecular complexity index is 576. The van der Waals surface area contributed by atoms with Gasteiger partial charge in [0.25, 0.3) is 0 Å². The largest absolute Gasteiger partial charge is 0.490 e. The van der Waals surface area contributed by atoms with Crippen molar-refractivity contribution in [2.24, 2.45) is 0 Å². The maximum absolute atomic E-state index is 13.2. The van der Waals surface area contributed by atoms with E-state index in [2.05, 4.69) is 30.4 Å². The highest BCUT2D eigenvalue weighted by atomic mass is 35.5.